The van der Waals surface area contributed by atoms with Gasteiger partial charge in [-0.05, 0) is 66.2 Å². The van der Waals surface area contributed by atoms with Crippen LogP contribution >= 0.6 is 0 Å². The van der Waals surface area contributed by atoms with Gasteiger partial charge in [-0.3, -0.25) is 0 Å². The van der Waals surface area contributed by atoms with Gasteiger partial charge in [-0.25, -0.2) is 0 Å². The van der Waals surface area contributed by atoms with Gasteiger partial charge in [0.05, 0.1) is 38.8 Å². The van der Waals surface area contributed by atoms with Crippen molar-refractivity contribution in [2.45, 2.75) is 0 Å². The Hall–Kier alpha value is -6.84. The molecule has 0 spiro atoms. The van der Waals surface area contributed by atoms with E-state index in [1.54, 1.807) is 0 Å². The molecule has 0 N–H and O–H groups in total. The van der Waals surface area contributed by atoms with Crippen LogP contribution < -0.4 is 0 Å². The first-order valence-corrected chi connectivity index (χ1v) is 17.5. The highest BCUT2D eigenvalue weighted by atomic mass is 15.0. The van der Waals surface area contributed by atoms with Gasteiger partial charge in [0.2, 0.25) is 0 Å². The maximum absolute atomic E-state index is 2.45. The van der Waals surface area contributed by atoms with Gasteiger partial charge in [-0.2, -0.15) is 0 Å². The molecule has 0 amide bonds. The quantitative estimate of drug-likeness (QED) is 0.180. The molecule has 51 heavy (non-hydrogen) atoms. The summed E-state index contributed by atoms with van der Waals surface area (Å²) in [6, 6.07) is 68.4. The van der Waals surface area contributed by atoms with E-state index in [2.05, 4.69) is 202 Å². The fourth-order valence-corrected chi connectivity index (χ4v) is 8.47. The van der Waals surface area contributed by atoms with Crippen LogP contribution in [0.2, 0.25) is 0 Å². The van der Waals surface area contributed by atoms with E-state index in [4.69, 9.17) is 0 Å². The van der Waals surface area contributed by atoms with Crippen LogP contribution in [0.4, 0.5) is 0 Å². The third-order valence-electron chi connectivity index (χ3n) is 10.6. The first kappa shape index (κ1) is 28.0. The predicted octanol–water partition coefficient (Wildman–Crippen LogP) is 12.6. The molecule has 0 aliphatic rings. The van der Waals surface area contributed by atoms with Crippen LogP contribution in [-0.4, -0.2) is 13.7 Å². The Morgan fingerprint density at radius 3 is 1.33 bits per heavy atom. The molecule has 11 rings (SSSR count). The molecule has 0 saturated heterocycles. The van der Waals surface area contributed by atoms with Gasteiger partial charge in [-0.1, -0.05) is 127 Å². The number of hydrogen-bond acceptors (Lipinski definition) is 0. The van der Waals surface area contributed by atoms with Gasteiger partial charge < -0.3 is 13.7 Å². The Balaban J connectivity index is 1.18. The van der Waals surface area contributed by atoms with Gasteiger partial charge in [-0.15, -0.1) is 0 Å². The van der Waals surface area contributed by atoms with Crippen LogP contribution in [0.5, 0.6) is 0 Å². The maximum atomic E-state index is 2.45. The second-order valence-corrected chi connectivity index (χ2v) is 13.4. The minimum atomic E-state index is 1.15. The molecule has 0 saturated carbocycles. The Kier molecular flexibility index (Phi) is 5.96. The SMILES string of the molecule is c1ccc(-c2ccccc2-n2c3ccccc3c3cc(-n4c5ccccc5c5ccc(-n6c7ccccc7c7ccccc76)cc54)ccc32)cc1. The van der Waals surface area contributed by atoms with Crippen molar-refractivity contribution >= 4 is 65.4 Å². The minimum Gasteiger partial charge on any atom is -0.309 e. The van der Waals surface area contributed by atoms with Crippen molar-refractivity contribution in [2.24, 2.45) is 0 Å². The molecule has 3 nitrogen and oxygen atoms in total. The number of nitrogens with zero attached hydrogens (tertiary/aromatic N) is 3. The highest BCUT2D eigenvalue weighted by Crippen LogP contribution is 2.40. The van der Waals surface area contributed by atoms with E-state index in [9.17, 15) is 0 Å². The number of hydrogen-bond donors (Lipinski definition) is 0. The van der Waals surface area contributed by atoms with E-state index in [-0.39, 0.29) is 0 Å². The van der Waals surface area contributed by atoms with Crippen molar-refractivity contribution < 1.29 is 0 Å². The monoisotopic (exact) mass is 649 g/mol. The van der Waals surface area contributed by atoms with Gasteiger partial charge in [0.25, 0.3) is 0 Å². The van der Waals surface area contributed by atoms with E-state index >= 15 is 0 Å². The average molecular weight is 650 g/mol. The number of fused-ring (bicyclic) bond motifs is 9. The molecule has 238 valence electrons. The molecule has 3 heteroatoms. The van der Waals surface area contributed by atoms with E-state index < -0.39 is 0 Å². The Labute approximate surface area is 294 Å². The summed E-state index contributed by atoms with van der Waals surface area (Å²) in [7, 11) is 0. The zero-order valence-corrected chi connectivity index (χ0v) is 27.7. The number of aromatic nitrogens is 3. The summed E-state index contributed by atoms with van der Waals surface area (Å²) >= 11 is 0. The molecular formula is C48H31N3. The summed E-state index contributed by atoms with van der Waals surface area (Å²) < 4.78 is 7.29. The lowest BCUT2D eigenvalue weighted by Gasteiger charge is -2.14. The normalized spacial score (nSPS) is 11.9. The Bertz CT molecular complexity index is 3080. The van der Waals surface area contributed by atoms with Crippen LogP contribution in [0.1, 0.15) is 0 Å². The van der Waals surface area contributed by atoms with Crippen LogP contribution in [0.25, 0.3) is 93.6 Å². The molecule has 3 aromatic heterocycles. The maximum Gasteiger partial charge on any atom is 0.0561 e. The summed E-state index contributed by atoms with van der Waals surface area (Å²) in [5.41, 5.74) is 13.1. The highest BCUT2D eigenvalue weighted by Gasteiger charge is 2.19. The van der Waals surface area contributed by atoms with E-state index in [0.29, 0.717) is 0 Å². The smallest absolute Gasteiger partial charge is 0.0561 e. The van der Waals surface area contributed by atoms with Crippen molar-refractivity contribution in [1.29, 1.82) is 0 Å². The van der Waals surface area contributed by atoms with Gasteiger partial charge >= 0.3 is 0 Å². The molecule has 0 atom stereocenters. The van der Waals surface area contributed by atoms with Gasteiger partial charge in [0, 0.05) is 49.3 Å². The Morgan fingerprint density at radius 1 is 0.255 bits per heavy atom. The predicted molar refractivity (Wildman–Crippen MR) is 215 cm³/mol. The van der Waals surface area contributed by atoms with Crippen molar-refractivity contribution in [2.75, 3.05) is 0 Å². The van der Waals surface area contributed by atoms with Gasteiger partial charge in [0.15, 0.2) is 0 Å². The highest BCUT2D eigenvalue weighted by molar-refractivity contribution is 6.14. The van der Waals surface area contributed by atoms with E-state index in [1.165, 1.54) is 82.2 Å². The zero-order chi connectivity index (χ0) is 33.5. The first-order chi connectivity index (χ1) is 25.3. The summed E-state index contributed by atoms with van der Waals surface area (Å²) in [6.45, 7) is 0. The van der Waals surface area contributed by atoms with Crippen molar-refractivity contribution in [1.82, 2.24) is 13.7 Å². The van der Waals surface area contributed by atoms with Crippen molar-refractivity contribution in [3.8, 4) is 28.2 Å². The molecule has 0 bridgehead atoms. The van der Waals surface area contributed by atoms with Crippen LogP contribution in [0.3, 0.4) is 0 Å². The molecule has 8 aromatic carbocycles. The summed E-state index contributed by atoms with van der Waals surface area (Å²) in [5.74, 6) is 0. The zero-order valence-electron chi connectivity index (χ0n) is 27.7. The summed E-state index contributed by atoms with van der Waals surface area (Å²) in [4.78, 5) is 0. The van der Waals surface area contributed by atoms with Crippen LogP contribution in [0.15, 0.2) is 188 Å². The molecule has 3 heterocycles. The number of para-hydroxylation sites is 5. The van der Waals surface area contributed by atoms with Gasteiger partial charge in [0.1, 0.15) is 0 Å². The van der Waals surface area contributed by atoms with Crippen LogP contribution in [0, 0.1) is 0 Å². The average Bonchev–Trinajstić information content (AvgIpc) is 3.83. The van der Waals surface area contributed by atoms with Crippen molar-refractivity contribution in [3.05, 3.63) is 188 Å². The molecule has 0 aliphatic carbocycles. The summed E-state index contributed by atoms with van der Waals surface area (Å²) in [6.07, 6.45) is 0. The largest absolute Gasteiger partial charge is 0.309 e. The van der Waals surface area contributed by atoms with Crippen LogP contribution in [-0.2, 0) is 0 Å². The second-order valence-electron chi connectivity index (χ2n) is 13.4. The van der Waals surface area contributed by atoms with Crippen molar-refractivity contribution in [3.63, 3.8) is 0 Å². The lowest BCUT2D eigenvalue weighted by molar-refractivity contribution is 1.15. The molecule has 0 aliphatic heterocycles. The first-order valence-electron chi connectivity index (χ1n) is 17.5. The molecule has 11 aromatic rings. The minimum absolute atomic E-state index is 1.15. The standard InChI is InChI=1S/C48H31N3/c1-2-14-32(15-3-1)35-16-4-9-21-42(35)51-46-25-13-8-20-39(46)41-30-33(27-29-47(41)51)50-45-24-12-7-19-38(45)40-28-26-34(31-48(40)50)49-43-22-10-5-17-36(43)37-18-6-11-23-44(37)49/h1-31H. The molecule has 0 radical (unpaired) electrons. The second kappa shape index (κ2) is 10.8. The molecule has 0 unspecified atom stereocenters. The topological polar surface area (TPSA) is 14.8 Å². The lowest BCUT2D eigenvalue weighted by atomic mass is 10.0. The Morgan fingerprint density at radius 2 is 0.686 bits per heavy atom. The fraction of sp³-hybridized carbons (Fsp3) is 0. The summed E-state index contributed by atoms with van der Waals surface area (Å²) in [5, 5.41) is 7.50. The number of benzene rings is 8. The van der Waals surface area contributed by atoms with E-state index in [0.717, 1.165) is 11.4 Å². The lowest BCUT2D eigenvalue weighted by Crippen LogP contribution is -1.98. The fourth-order valence-electron chi connectivity index (χ4n) is 8.47. The van der Waals surface area contributed by atoms with E-state index in [1.807, 2.05) is 0 Å². The molecule has 0 fully saturated rings. The molecular weight excluding hydrogens is 619 g/mol. The third kappa shape index (κ3) is 4.06. The number of rotatable bonds is 4. The third-order valence-corrected chi connectivity index (χ3v) is 10.6.